The van der Waals surface area contributed by atoms with E-state index in [4.69, 9.17) is 0 Å². The maximum absolute atomic E-state index is 13.5. The summed E-state index contributed by atoms with van der Waals surface area (Å²) < 4.78 is 0. The van der Waals surface area contributed by atoms with Crippen LogP contribution < -0.4 is 0 Å². The Morgan fingerprint density at radius 1 is 0.971 bits per heavy atom. The predicted molar refractivity (Wildman–Crippen MR) is 141 cm³/mol. The number of aryl methyl sites for hydroxylation is 2. The second-order valence-corrected chi connectivity index (χ2v) is 10.8. The summed E-state index contributed by atoms with van der Waals surface area (Å²) in [5.41, 5.74) is 5.55. The molecule has 2 aliphatic rings. The quantitative estimate of drug-likeness (QED) is 0.537. The first-order valence-electron chi connectivity index (χ1n) is 12.4. The van der Waals surface area contributed by atoms with Gasteiger partial charge in [0.1, 0.15) is 0 Å². The molecule has 35 heavy (non-hydrogen) atoms. The number of hydrogen-bond donors (Lipinski definition) is 0. The fraction of sp³-hybridized carbons (Fsp3) is 0.379. The van der Waals surface area contributed by atoms with E-state index in [1.807, 2.05) is 59.2 Å². The summed E-state index contributed by atoms with van der Waals surface area (Å²) >= 11 is 1.82. The van der Waals surface area contributed by atoms with E-state index in [9.17, 15) is 9.59 Å². The van der Waals surface area contributed by atoms with E-state index in [2.05, 4.69) is 47.5 Å². The van der Waals surface area contributed by atoms with Gasteiger partial charge in [-0.1, -0.05) is 48.0 Å². The van der Waals surface area contributed by atoms with Crippen molar-refractivity contribution in [1.29, 1.82) is 0 Å². The summed E-state index contributed by atoms with van der Waals surface area (Å²) in [5, 5.41) is 2.17. The average Bonchev–Trinajstić information content (AvgIpc) is 3.33. The highest BCUT2D eigenvalue weighted by atomic mass is 32.1. The van der Waals surface area contributed by atoms with Crippen LogP contribution >= 0.6 is 11.3 Å². The maximum atomic E-state index is 13.5. The fourth-order valence-electron chi connectivity index (χ4n) is 5.40. The lowest BCUT2D eigenvalue weighted by Gasteiger charge is -2.42. The Balaban J connectivity index is 1.28. The van der Waals surface area contributed by atoms with Crippen LogP contribution in [-0.2, 0) is 11.2 Å². The number of fused-ring (bicyclic) bond motifs is 1. The summed E-state index contributed by atoms with van der Waals surface area (Å²) in [7, 11) is 0. The standard InChI is InChI=1S/C29H33N3O2S/c1-20-8-10-23(11-9-20)28-25-13-17-35-26(25)12-14-31(28)19-27(33)30-15-16-32(22(3)18-30)29(34)24-7-5-4-6-21(24)2/h4-11,13,17,22,28H,12,14-16,18-19H2,1-3H3/t22-,28-/m0/s1. The van der Waals surface area contributed by atoms with Gasteiger partial charge in [-0.3, -0.25) is 14.5 Å². The zero-order valence-electron chi connectivity index (χ0n) is 20.7. The molecule has 2 amide bonds. The SMILES string of the molecule is Cc1ccc([C@H]2c3ccsc3CCN2CC(=O)N2CCN(C(=O)c3ccccc3C)[C@@H](C)C2)cc1. The van der Waals surface area contributed by atoms with E-state index >= 15 is 0 Å². The normalized spacial score (nSPS) is 20.5. The minimum Gasteiger partial charge on any atom is -0.338 e. The first-order chi connectivity index (χ1) is 16.9. The fourth-order valence-corrected chi connectivity index (χ4v) is 6.31. The molecule has 2 aliphatic heterocycles. The molecule has 3 aromatic rings. The lowest BCUT2D eigenvalue weighted by Crippen LogP contribution is -2.57. The molecule has 5 rings (SSSR count). The van der Waals surface area contributed by atoms with Crippen LogP contribution in [0.2, 0.25) is 0 Å². The van der Waals surface area contributed by atoms with Crippen molar-refractivity contribution < 1.29 is 9.59 Å². The Bertz CT molecular complexity index is 1220. The molecule has 0 aliphatic carbocycles. The number of rotatable bonds is 4. The minimum atomic E-state index is -0.0162. The third-order valence-corrected chi connectivity index (χ3v) is 8.41. The third kappa shape index (κ3) is 4.78. The van der Waals surface area contributed by atoms with Gasteiger partial charge in [0.15, 0.2) is 0 Å². The highest BCUT2D eigenvalue weighted by Crippen LogP contribution is 2.37. The van der Waals surface area contributed by atoms with E-state index in [0.29, 0.717) is 26.2 Å². The predicted octanol–water partition coefficient (Wildman–Crippen LogP) is 4.69. The third-order valence-electron chi connectivity index (χ3n) is 7.41. The lowest BCUT2D eigenvalue weighted by atomic mass is 9.92. The number of piperazine rings is 1. The Morgan fingerprint density at radius 3 is 2.49 bits per heavy atom. The molecule has 0 N–H and O–H groups in total. The zero-order valence-corrected chi connectivity index (χ0v) is 21.6. The molecule has 6 heteroatoms. The number of thiophene rings is 1. The van der Waals surface area contributed by atoms with Gasteiger partial charge in [0.25, 0.3) is 5.91 Å². The number of nitrogens with zero attached hydrogens (tertiary/aromatic N) is 3. The maximum Gasteiger partial charge on any atom is 0.254 e. The molecule has 0 radical (unpaired) electrons. The Hall–Kier alpha value is -2.96. The summed E-state index contributed by atoms with van der Waals surface area (Å²) in [6.45, 7) is 9.10. The monoisotopic (exact) mass is 487 g/mol. The Labute approximate surface area is 212 Å². The average molecular weight is 488 g/mol. The highest BCUT2D eigenvalue weighted by molar-refractivity contribution is 7.10. The van der Waals surface area contributed by atoms with Gasteiger partial charge in [-0.05, 0) is 61.4 Å². The largest absolute Gasteiger partial charge is 0.338 e. The lowest BCUT2D eigenvalue weighted by molar-refractivity contribution is -0.135. The second kappa shape index (κ2) is 9.96. The molecule has 3 heterocycles. The molecular formula is C29H33N3O2S. The molecule has 0 saturated carbocycles. The van der Waals surface area contributed by atoms with Crippen LogP contribution in [0.5, 0.6) is 0 Å². The Morgan fingerprint density at radius 2 is 1.74 bits per heavy atom. The summed E-state index contributed by atoms with van der Waals surface area (Å²) in [6, 6.07) is 18.7. The number of carbonyl (C=O) groups is 2. The first kappa shape index (κ1) is 23.8. The van der Waals surface area contributed by atoms with Gasteiger partial charge < -0.3 is 9.80 Å². The van der Waals surface area contributed by atoms with Crippen molar-refractivity contribution >= 4 is 23.2 Å². The first-order valence-corrected chi connectivity index (χ1v) is 13.3. The second-order valence-electron chi connectivity index (χ2n) is 9.84. The number of benzene rings is 2. The smallest absolute Gasteiger partial charge is 0.254 e. The van der Waals surface area contributed by atoms with Crippen LogP contribution in [0.15, 0.2) is 60.0 Å². The summed E-state index contributed by atoms with van der Waals surface area (Å²) in [5.74, 6) is 0.207. The van der Waals surface area contributed by atoms with E-state index < -0.39 is 0 Å². The molecule has 1 fully saturated rings. The van der Waals surface area contributed by atoms with Crippen molar-refractivity contribution in [3.8, 4) is 0 Å². The van der Waals surface area contributed by atoms with Crippen LogP contribution in [-0.4, -0.2) is 65.3 Å². The molecule has 1 saturated heterocycles. The molecule has 5 nitrogen and oxygen atoms in total. The summed E-state index contributed by atoms with van der Waals surface area (Å²) in [6.07, 6.45) is 0.984. The molecule has 0 spiro atoms. The van der Waals surface area contributed by atoms with E-state index in [1.54, 1.807) is 0 Å². The van der Waals surface area contributed by atoms with Crippen LogP contribution in [0.25, 0.3) is 0 Å². The topological polar surface area (TPSA) is 43.9 Å². The summed E-state index contributed by atoms with van der Waals surface area (Å²) in [4.78, 5) is 34.3. The zero-order chi connectivity index (χ0) is 24.5. The van der Waals surface area contributed by atoms with Gasteiger partial charge in [-0.15, -0.1) is 11.3 Å². The molecule has 1 aromatic heterocycles. The van der Waals surface area contributed by atoms with Crippen LogP contribution in [0.1, 0.15) is 50.5 Å². The molecule has 182 valence electrons. The van der Waals surface area contributed by atoms with Gasteiger partial charge in [0, 0.05) is 42.7 Å². The van der Waals surface area contributed by atoms with Crippen LogP contribution in [0.4, 0.5) is 0 Å². The van der Waals surface area contributed by atoms with E-state index in [1.165, 1.54) is 21.6 Å². The van der Waals surface area contributed by atoms with E-state index in [-0.39, 0.29) is 23.9 Å². The van der Waals surface area contributed by atoms with Gasteiger partial charge >= 0.3 is 0 Å². The van der Waals surface area contributed by atoms with Crippen molar-refractivity contribution in [3.05, 3.63) is 92.7 Å². The van der Waals surface area contributed by atoms with Gasteiger partial charge in [-0.25, -0.2) is 0 Å². The van der Waals surface area contributed by atoms with Gasteiger partial charge in [0.2, 0.25) is 5.91 Å². The number of hydrogen-bond acceptors (Lipinski definition) is 4. The molecule has 2 aromatic carbocycles. The van der Waals surface area contributed by atoms with Crippen molar-refractivity contribution in [2.45, 2.75) is 39.3 Å². The van der Waals surface area contributed by atoms with E-state index in [0.717, 1.165) is 24.1 Å². The molecule has 0 bridgehead atoms. The molecular weight excluding hydrogens is 454 g/mol. The number of amides is 2. The van der Waals surface area contributed by atoms with Crippen molar-refractivity contribution in [3.63, 3.8) is 0 Å². The van der Waals surface area contributed by atoms with Gasteiger partial charge in [-0.2, -0.15) is 0 Å². The van der Waals surface area contributed by atoms with Crippen molar-refractivity contribution in [2.75, 3.05) is 32.7 Å². The van der Waals surface area contributed by atoms with Crippen molar-refractivity contribution in [2.24, 2.45) is 0 Å². The minimum absolute atomic E-state index is 0.0162. The highest BCUT2D eigenvalue weighted by Gasteiger charge is 2.34. The Kier molecular flexibility index (Phi) is 6.76. The van der Waals surface area contributed by atoms with Gasteiger partial charge in [0.05, 0.1) is 12.6 Å². The molecule has 0 unspecified atom stereocenters. The van der Waals surface area contributed by atoms with Crippen molar-refractivity contribution in [1.82, 2.24) is 14.7 Å². The van der Waals surface area contributed by atoms with Crippen LogP contribution in [0.3, 0.4) is 0 Å². The number of carbonyl (C=O) groups excluding carboxylic acids is 2. The molecule has 2 atom stereocenters. The van der Waals surface area contributed by atoms with Crippen LogP contribution in [0, 0.1) is 13.8 Å².